The molecular weight excluding hydrogens is 358 g/mol. The number of carbonyl (C=O) groups is 1. The van der Waals surface area contributed by atoms with Gasteiger partial charge in [-0.2, -0.15) is 9.97 Å². The number of ether oxygens (including phenoxy) is 1. The Morgan fingerprint density at radius 2 is 1.96 bits per heavy atom. The number of aromatic nitrogens is 4. The van der Waals surface area contributed by atoms with E-state index in [4.69, 9.17) is 15.5 Å². The standard InChI is InChI=1S/C19H21N7O2/c1-25(2)18(27)13-5-3-4-12(10-13)14-11-21-16-15(22-14)17(24-19(20)23-16)26-6-8-28-9-7-26/h3-5,10-11H,6-9H2,1-2H3,(H2,20,21,23,24). The van der Waals surface area contributed by atoms with E-state index < -0.39 is 0 Å². The van der Waals surface area contributed by atoms with Crippen LogP contribution in [0.15, 0.2) is 30.5 Å². The molecule has 9 heteroatoms. The first-order valence-electron chi connectivity index (χ1n) is 8.98. The van der Waals surface area contributed by atoms with E-state index in [1.54, 1.807) is 31.3 Å². The normalized spacial score (nSPS) is 14.3. The maximum atomic E-state index is 12.3. The van der Waals surface area contributed by atoms with E-state index in [1.165, 1.54) is 0 Å². The second kappa shape index (κ2) is 7.35. The molecule has 0 saturated carbocycles. The van der Waals surface area contributed by atoms with E-state index in [1.807, 2.05) is 18.2 Å². The van der Waals surface area contributed by atoms with Crippen LogP contribution in [0.25, 0.3) is 22.4 Å². The third-order valence-corrected chi connectivity index (χ3v) is 4.53. The van der Waals surface area contributed by atoms with Gasteiger partial charge >= 0.3 is 0 Å². The SMILES string of the molecule is CN(C)C(=O)c1cccc(-c2cnc3nc(N)nc(N4CCOCC4)c3n2)c1. The van der Waals surface area contributed by atoms with Gasteiger partial charge < -0.3 is 20.3 Å². The molecule has 3 aromatic rings. The molecule has 1 aliphatic rings. The quantitative estimate of drug-likeness (QED) is 0.723. The fourth-order valence-corrected chi connectivity index (χ4v) is 3.11. The zero-order valence-electron chi connectivity index (χ0n) is 15.8. The Hall–Kier alpha value is -3.33. The Bertz CT molecular complexity index is 1030. The minimum atomic E-state index is -0.0688. The summed E-state index contributed by atoms with van der Waals surface area (Å²) in [6, 6.07) is 7.32. The van der Waals surface area contributed by atoms with Gasteiger partial charge in [0.25, 0.3) is 5.91 Å². The average Bonchev–Trinajstić information content (AvgIpc) is 2.73. The number of carbonyl (C=O) groups excluding carboxylic acids is 1. The second-order valence-electron chi connectivity index (χ2n) is 6.71. The number of hydrogen-bond acceptors (Lipinski definition) is 8. The number of nitrogen functional groups attached to an aromatic ring is 1. The van der Waals surface area contributed by atoms with Crippen molar-refractivity contribution in [2.75, 3.05) is 51.0 Å². The summed E-state index contributed by atoms with van der Waals surface area (Å²) in [6.45, 7) is 2.63. The Balaban J connectivity index is 1.80. The first kappa shape index (κ1) is 18.1. The van der Waals surface area contributed by atoms with Crippen LogP contribution in [0, 0.1) is 0 Å². The highest BCUT2D eigenvalue weighted by Gasteiger charge is 2.19. The van der Waals surface area contributed by atoms with Crippen molar-refractivity contribution < 1.29 is 9.53 Å². The minimum Gasteiger partial charge on any atom is -0.378 e. The Morgan fingerprint density at radius 3 is 2.71 bits per heavy atom. The lowest BCUT2D eigenvalue weighted by molar-refractivity contribution is 0.0827. The Kier molecular flexibility index (Phi) is 4.74. The minimum absolute atomic E-state index is 0.0688. The highest BCUT2D eigenvalue weighted by molar-refractivity contribution is 5.95. The van der Waals surface area contributed by atoms with Crippen LogP contribution in [0.5, 0.6) is 0 Å². The van der Waals surface area contributed by atoms with Gasteiger partial charge in [-0.15, -0.1) is 0 Å². The lowest BCUT2D eigenvalue weighted by Crippen LogP contribution is -2.37. The summed E-state index contributed by atoms with van der Waals surface area (Å²) in [5.41, 5.74) is 8.93. The molecule has 1 amide bonds. The van der Waals surface area contributed by atoms with Crippen molar-refractivity contribution in [1.29, 1.82) is 0 Å². The molecular formula is C19H21N7O2. The summed E-state index contributed by atoms with van der Waals surface area (Å²) in [6.07, 6.45) is 1.64. The van der Waals surface area contributed by atoms with Crippen LogP contribution >= 0.6 is 0 Å². The lowest BCUT2D eigenvalue weighted by Gasteiger charge is -2.28. The fourth-order valence-electron chi connectivity index (χ4n) is 3.11. The van der Waals surface area contributed by atoms with Crippen molar-refractivity contribution in [3.8, 4) is 11.3 Å². The van der Waals surface area contributed by atoms with Crippen molar-refractivity contribution >= 4 is 28.8 Å². The van der Waals surface area contributed by atoms with E-state index in [-0.39, 0.29) is 11.9 Å². The number of fused-ring (bicyclic) bond motifs is 1. The molecule has 0 aliphatic carbocycles. The molecule has 0 radical (unpaired) electrons. The van der Waals surface area contributed by atoms with Crippen molar-refractivity contribution in [3.63, 3.8) is 0 Å². The number of amides is 1. The fraction of sp³-hybridized carbons (Fsp3) is 0.316. The molecule has 0 unspecified atom stereocenters. The first-order chi connectivity index (χ1) is 13.5. The maximum absolute atomic E-state index is 12.3. The van der Waals surface area contributed by atoms with Crippen LogP contribution in [-0.4, -0.2) is 71.1 Å². The number of rotatable bonds is 3. The third kappa shape index (κ3) is 3.44. The monoisotopic (exact) mass is 379 g/mol. The van der Waals surface area contributed by atoms with Crippen molar-refractivity contribution in [1.82, 2.24) is 24.8 Å². The van der Waals surface area contributed by atoms with Crippen molar-refractivity contribution in [3.05, 3.63) is 36.0 Å². The summed E-state index contributed by atoms with van der Waals surface area (Å²) in [5, 5.41) is 0. The van der Waals surface area contributed by atoms with Gasteiger partial charge in [0.1, 0.15) is 0 Å². The molecule has 2 aromatic heterocycles. The molecule has 1 aromatic carbocycles. The number of morpholine rings is 1. The van der Waals surface area contributed by atoms with Gasteiger partial charge in [-0.25, -0.2) is 9.97 Å². The highest BCUT2D eigenvalue weighted by Crippen LogP contribution is 2.26. The largest absolute Gasteiger partial charge is 0.378 e. The molecule has 3 heterocycles. The predicted octanol–water partition coefficient (Wildman–Crippen LogP) is 1.21. The molecule has 2 N–H and O–H groups in total. The van der Waals surface area contributed by atoms with Crippen LogP contribution in [0.4, 0.5) is 11.8 Å². The van der Waals surface area contributed by atoms with Gasteiger partial charge in [0.15, 0.2) is 17.0 Å². The van der Waals surface area contributed by atoms with Crippen LogP contribution in [-0.2, 0) is 4.74 Å². The zero-order chi connectivity index (χ0) is 19.7. The molecule has 144 valence electrons. The number of anilines is 2. The third-order valence-electron chi connectivity index (χ3n) is 4.53. The smallest absolute Gasteiger partial charge is 0.253 e. The number of hydrogen-bond donors (Lipinski definition) is 1. The summed E-state index contributed by atoms with van der Waals surface area (Å²) >= 11 is 0. The molecule has 0 spiro atoms. The second-order valence-corrected chi connectivity index (χ2v) is 6.71. The topological polar surface area (TPSA) is 110 Å². The van der Waals surface area contributed by atoms with E-state index in [2.05, 4.69) is 19.9 Å². The zero-order valence-corrected chi connectivity index (χ0v) is 15.8. The molecule has 1 aliphatic heterocycles. The maximum Gasteiger partial charge on any atom is 0.253 e. The Labute approximate surface area is 162 Å². The molecule has 0 atom stereocenters. The van der Waals surface area contributed by atoms with Crippen molar-refractivity contribution in [2.24, 2.45) is 0 Å². The number of nitrogens with zero attached hydrogens (tertiary/aromatic N) is 6. The molecule has 4 rings (SSSR count). The van der Waals surface area contributed by atoms with E-state index >= 15 is 0 Å². The molecule has 28 heavy (non-hydrogen) atoms. The molecule has 1 fully saturated rings. The van der Waals surface area contributed by atoms with Gasteiger partial charge in [-0.3, -0.25) is 4.79 Å². The molecule has 9 nitrogen and oxygen atoms in total. The van der Waals surface area contributed by atoms with Gasteiger partial charge in [0, 0.05) is 38.3 Å². The summed E-state index contributed by atoms with van der Waals surface area (Å²) < 4.78 is 5.42. The van der Waals surface area contributed by atoms with Gasteiger partial charge in [-0.05, 0) is 12.1 Å². The molecule has 1 saturated heterocycles. The molecule has 0 bridgehead atoms. The summed E-state index contributed by atoms with van der Waals surface area (Å²) in [5.74, 6) is 0.746. The number of nitrogens with two attached hydrogens (primary N) is 1. The lowest BCUT2D eigenvalue weighted by atomic mass is 10.1. The van der Waals surface area contributed by atoms with Crippen LogP contribution in [0.2, 0.25) is 0 Å². The summed E-state index contributed by atoms with van der Waals surface area (Å²) in [4.78, 5) is 33.7. The summed E-state index contributed by atoms with van der Waals surface area (Å²) in [7, 11) is 3.45. The van der Waals surface area contributed by atoms with Crippen LogP contribution in [0.1, 0.15) is 10.4 Å². The van der Waals surface area contributed by atoms with Crippen molar-refractivity contribution in [2.45, 2.75) is 0 Å². The van der Waals surface area contributed by atoms with Crippen LogP contribution < -0.4 is 10.6 Å². The highest BCUT2D eigenvalue weighted by atomic mass is 16.5. The van der Waals surface area contributed by atoms with Gasteiger partial charge in [-0.1, -0.05) is 12.1 Å². The first-order valence-corrected chi connectivity index (χ1v) is 8.98. The van der Waals surface area contributed by atoms with Gasteiger partial charge in [0.05, 0.1) is 25.1 Å². The van der Waals surface area contributed by atoms with E-state index in [0.29, 0.717) is 54.5 Å². The predicted molar refractivity (Wildman–Crippen MR) is 106 cm³/mol. The Morgan fingerprint density at radius 1 is 1.18 bits per heavy atom. The average molecular weight is 379 g/mol. The number of benzene rings is 1. The van der Waals surface area contributed by atoms with E-state index in [0.717, 1.165) is 5.56 Å². The van der Waals surface area contributed by atoms with Crippen LogP contribution in [0.3, 0.4) is 0 Å². The van der Waals surface area contributed by atoms with Gasteiger partial charge in [0.2, 0.25) is 5.95 Å². The van der Waals surface area contributed by atoms with E-state index in [9.17, 15) is 4.79 Å².